The van der Waals surface area contributed by atoms with Gasteiger partial charge >= 0.3 is 0 Å². The first-order valence-corrected chi connectivity index (χ1v) is 9.74. The molecule has 0 aliphatic carbocycles. The van der Waals surface area contributed by atoms with Gasteiger partial charge in [-0.3, -0.25) is 20.4 Å². The van der Waals surface area contributed by atoms with Gasteiger partial charge in [-0.15, -0.1) is 0 Å². The number of carbonyl (C=O) groups is 2. The molecule has 146 valence electrons. The lowest BCUT2D eigenvalue weighted by molar-refractivity contribution is -0.130. The standard InChI is InChI=1S/C19H21N5O3S/c1-12-15(13(2)22-19(21-12)28-3)8-9-17(25)23-24-18(26)11-27-16-7-5-4-6-14(16)10-20/h4-7H,8-9,11H2,1-3H3,(H,23,25)(H,24,26). The topological polar surface area (TPSA) is 117 Å². The van der Waals surface area contributed by atoms with E-state index >= 15 is 0 Å². The lowest BCUT2D eigenvalue weighted by Gasteiger charge is -2.11. The lowest BCUT2D eigenvalue weighted by Crippen LogP contribution is -2.44. The number of nitriles is 1. The average Bonchev–Trinajstić information content (AvgIpc) is 2.69. The van der Waals surface area contributed by atoms with Crippen LogP contribution in [0.15, 0.2) is 29.4 Å². The van der Waals surface area contributed by atoms with E-state index in [9.17, 15) is 9.59 Å². The van der Waals surface area contributed by atoms with E-state index in [-0.39, 0.29) is 18.9 Å². The van der Waals surface area contributed by atoms with Crippen LogP contribution in [0.4, 0.5) is 0 Å². The third-order valence-corrected chi connectivity index (χ3v) is 4.44. The van der Waals surface area contributed by atoms with E-state index in [1.807, 2.05) is 26.2 Å². The van der Waals surface area contributed by atoms with Crippen molar-refractivity contribution in [3.8, 4) is 11.8 Å². The van der Waals surface area contributed by atoms with Crippen LogP contribution < -0.4 is 15.6 Å². The number of para-hydroxylation sites is 1. The first-order valence-electron chi connectivity index (χ1n) is 8.52. The number of nitrogens with zero attached hydrogens (tertiary/aromatic N) is 3. The minimum Gasteiger partial charge on any atom is -0.482 e. The molecule has 0 saturated carbocycles. The first-order chi connectivity index (χ1) is 13.4. The highest BCUT2D eigenvalue weighted by molar-refractivity contribution is 7.98. The number of rotatable bonds is 7. The largest absolute Gasteiger partial charge is 0.482 e. The van der Waals surface area contributed by atoms with Crippen molar-refractivity contribution >= 4 is 23.6 Å². The molecule has 1 aromatic carbocycles. The summed E-state index contributed by atoms with van der Waals surface area (Å²) in [5.74, 6) is -0.550. The summed E-state index contributed by atoms with van der Waals surface area (Å²) in [6.07, 6.45) is 2.56. The van der Waals surface area contributed by atoms with Crippen LogP contribution in [0.2, 0.25) is 0 Å². The van der Waals surface area contributed by atoms with Gasteiger partial charge in [-0.2, -0.15) is 5.26 Å². The minimum absolute atomic E-state index is 0.183. The Labute approximate surface area is 167 Å². The van der Waals surface area contributed by atoms with Crippen LogP contribution in [0.1, 0.15) is 28.9 Å². The minimum atomic E-state index is -0.527. The van der Waals surface area contributed by atoms with E-state index in [0.717, 1.165) is 17.0 Å². The number of thioether (sulfide) groups is 1. The van der Waals surface area contributed by atoms with Crippen LogP contribution in [0.3, 0.4) is 0 Å². The van der Waals surface area contributed by atoms with Crippen molar-refractivity contribution in [1.29, 1.82) is 5.26 Å². The van der Waals surface area contributed by atoms with Gasteiger partial charge in [0.1, 0.15) is 11.8 Å². The molecule has 1 aromatic heterocycles. The number of benzene rings is 1. The zero-order chi connectivity index (χ0) is 20.5. The van der Waals surface area contributed by atoms with Crippen molar-refractivity contribution in [2.75, 3.05) is 12.9 Å². The van der Waals surface area contributed by atoms with Crippen molar-refractivity contribution < 1.29 is 14.3 Å². The SMILES string of the molecule is CSc1nc(C)c(CCC(=O)NNC(=O)COc2ccccc2C#N)c(C)n1. The fraction of sp³-hybridized carbons (Fsp3) is 0.316. The Hall–Kier alpha value is -3.12. The van der Waals surface area contributed by atoms with Crippen LogP contribution in [0, 0.1) is 25.2 Å². The first kappa shape index (κ1) is 21.2. The molecule has 2 aromatic rings. The van der Waals surface area contributed by atoms with Crippen molar-refractivity contribution in [2.45, 2.75) is 31.8 Å². The molecule has 0 unspecified atom stereocenters. The van der Waals surface area contributed by atoms with Gasteiger partial charge in [0.25, 0.3) is 5.91 Å². The fourth-order valence-corrected chi connectivity index (χ4v) is 2.92. The van der Waals surface area contributed by atoms with Crippen molar-refractivity contribution in [2.24, 2.45) is 0 Å². The Morgan fingerprint density at radius 2 is 1.79 bits per heavy atom. The predicted molar refractivity (Wildman–Crippen MR) is 105 cm³/mol. The van der Waals surface area contributed by atoms with Crippen LogP contribution in [0.25, 0.3) is 0 Å². The highest BCUT2D eigenvalue weighted by atomic mass is 32.2. The summed E-state index contributed by atoms with van der Waals surface area (Å²) in [4.78, 5) is 32.6. The molecule has 0 atom stereocenters. The van der Waals surface area contributed by atoms with Gasteiger partial charge in [0.15, 0.2) is 11.8 Å². The zero-order valence-electron chi connectivity index (χ0n) is 15.9. The summed E-state index contributed by atoms with van der Waals surface area (Å²) in [5.41, 5.74) is 7.59. The molecular formula is C19H21N5O3S. The van der Waals surface area contributed by atoms with Crippen molar-refractivity contribution in [3.63, 3.8) is 0 Å². The second-order valence-corrected chi connectivity index (χ2v) is 6.63. The van der Waals surface area contributed by atoms with E-state index in [2.05, 4.69) is 20.8 Å². The highest BCUT2D eigenvalue weighted by Crippen LogP contribution is 2.17. The summed E-state index contributed by atoms with van der Waals surface area (Å²) in [7, 11) is 0. The van der Waals surface area contributed by atoms with Gasteiger partial charge < -0.3 is 4.74 Å². The van der Waals surface area contributed by atoms with Gasteiger partial charge in [-0.1, -0.05) is 23.9 Å². The highest BCUT2D eigenvalue weighted by Gasteiger charge is 2.12. The number of hydrogen-bond donors (Lipinski definition) is 2. The molecule has 0 aliphatic heterocycles. The molecule has 0 radical (unpaired) electrons. The van der Waals surface area contributed by atoms with E-state index in [1.165, 1.54) is 11.8 Å². The maximum Gasteiger partial charge on any atom is 0.276 e. The van der Waals surface area contributed by atoms with Crippen LogP contribution in [-0.2, 0) is 16.0 Å². The molecule has 1 heterocycles. The molecule has 0 fully saturated rings. The summed E-state index contributed by atoms with van der Waals surface area (Å²) in [5, 5.41) is 9.69. The maximum absolute atomic E-state index is 12.0. The summed E-state index contributed by atoms with van der Waals surface area (Å²) >= 11 is 1.47. The Bertz CT molecular complexity index is 888. The van der Waals surface area contributed by atoms with Crippen LogP contribution in [0.5, 0.6) is 5.75 Å². The van der Waals surface area contributed by atoms with Crippen LogP contribution >= 0.6 is 11.8 Å². The number of aromatic nitrogens is 2. The van der Waals surface area contributed by atoms with Gasteiger partial charge in [0.2, 0.25) is 5.91 Å². The van der Waals surface area contributed by atoms with E-state index in [4.69, 9.17) is 10.00 Å². The maximum atomic E-state index is 12.0. The number of amides is 2. The van der Waals surface area contributed by atoms with E-state index in [0.29, 0.717) is 22.9 Å². The number of carbonyl (C=O) groups excluding carboxylic acids is 2. The normalized spacial score (nSPS) is 10.1. The van der Waals surface area contributed by atoms with Crippen molar-refractivity contribution in [1.82, 2.24) is 20.8 Å². The Morgan fingerprint density at radius 1 is 1.14 bits per heavy atom. The predicted octanol–water partition coefficient (Wildman–Crippen LogP) is 1.85. The second kappa shape index (κ2) is 10.3. The Balaban J connectivity index is 1.78. The number of aryl methyl sites for hydroxylation is 2. The summed E-state index contributed by atoms with van der Waals surface area (Å²) in [6.45, 7) is 3.46. The van der Waals surface area contributed by atoms with Crippen LogP contribution in [-0.4, -0.2) is 34.6 Å². The third-order valence-electron chi connectivity index (χ3n) is 3.89. The molecule has 0 bridgehead atoms. The van der Waals surface area contributed by atoms with Gasteiger partial charge in [0, 0.05) is 17.8 Å². The molecular weight excluding hydrogens is 378 g/mol. The smallest absolute Gasteiger partial charge is 0.276 e. The number of ether oxygens (including phenoxy) is 1. The van der Waals surface area contributed by atoms with E-state index in [1.54, 1.807) is 24.3 Å². The Morgan fingerprint density at radius 3 is 2.43 bits per heavy atom. The average molecular weight is 399 g/mol. The fourth-order valence-electron chi connectivity index (χ4n) is 2.47. The second-order valence-electron chi connectivity index (χ2n) is 5.85. The summed E-state index contributed by atoms with van der Waals surface area (Å²) < 4.78 is 5.30. The molecule has 9 heteroatoms. The van der Waals surface area contributed by atoms with E-state index < -0.39 is 5.91 Å². The van der Waals surface area contributed by atoms with Gasteiger partial charge in [-0.25, -0.2) is 9.97 Å². The molecule has 0 aliphatic rings. The molecule has 0 saturated heterocycles. The van der Waals surface area contributed by atoms with Crippen molar-refractivity contribution in [3.05, 3.63) is 46.8 Å². The number of hydrazine groups is 1. The zero-order valence-corrected chi connectivity index (χ0v) is 16.7. The molecule has 2 N–H and O–H groups in total. The van der Waals surface area contributed by atoms with Gasteiger partial charge in [0.05, 0.1) is 5.56 Å². The lowest BCUT2D eigenvalue weighted by atomic mass is 10.1. The third kappa shape index (κ3) is 5.96. The monoisotopic (exact) mass is 399 g/mol. The molecule has 0 spiro atoms. The molecule has 2 amide bonds. The number of hydrogen-bond acceptors (Lipinski definition) is 7. The summed E-state index contributed by atoms with van der Waals surface area (Å²) in [6, 6.07) is 8.58. The Kier molecular flexibility index (Phi) is 7.77. The van der Waals surface area contributed by atoms with Gasteiger partial charge in [-0.05, 0) is 44.2 Å². The molecule has 2 rings (SSSR count). The number of nitrogens with one attached hydrogen (secondary N) is 2. The quantitative estimate of drug-likeness (QED) is 0.414. The molecule has 28 heavy (non-hydrogen) atoms. The molecule has 8 nitrogen and oxygen atoms in total.